The number of carbonyl (C=O) groups is 1. The number of hydrogen-bond acceptors (Lipinski definition) is 2. The molecule has 0 aromatic carbocycles. The van der Waals surface area contributed by atoms with Gasteiger partial charge in [0.15, 0.2) is 6.04 Å². The molecule has 0 amide bonds. The molecule has 0 radical (unpaired) electrons. The summed E-state index contributed by atoms with van der Waals surface area (Å²) < 4.78 is 1.45. The molecule has 11 heavy (non-hydrogen) atoms. The van der Waals surface area contributed by atoms with Crippen molar-refractivity contribution in [3.63, 3.8) is 0 Å². The van der Waals surface area contributed by atoms with Crippen molar-refractivity contribution >= 4 is 5.97 Å². The van der Waals surface area contributed by atoms with E-state index in [0.717, 1.165) is 0 Å². The lowest BCUT2D eigenvalue weighted by atomic mass is 10.3. The second-order valence-corrected chi connectivity index (χ2v) is 2.17. The highest BCUT2D eigenvalue weighted by atomic mass is 16.4. The second-order valence-electron chi connectivity index (χ2n) is 2.17. The van der Waals surface area contributed by atoms with Gasteiger partial charge in [-0.05, 0) is 12.1 Å². The van der Waals surface area contributed by atoms with Crippen LogP contribution in [0, 0.1) is 0 Å². The van der Waals surface area contributed by atoms with E-state index in [1.807, 2.05) is 0 Å². The van der Waals surface area contributed by atoms with Gasteiger partial charge in [0.05, 0.1) is 6.61 Å². The summed E-state index contributed by atoms with van der Waals surface area (Å²) in [5.41, 5.74) is 0. The highest BCUT2D eigenvalue weighted by molar-refractivity contribution is 5.71. The molecule has 4 heteroatoms. The van der Waals surface area contributed by atoms with Crippen molar-refractivity contribution in [1.82, 2.24) is 4.57 Å². The topological polar surface area (TPSA) is 62.5 Å². The van der Waals surface area contributed by atoms with Crippen LogP contribution < -0.4 is 0 Å². The first-order chi connectivity index (χ1) is 5.25. The van der Waals surface area contributed by atoms with Crippen LogP contribution in [0.25, 0.3) is 0 Å². The van der Waals surface area contributed by atoms with Crippen molar-refractivity contribution < 1.29 is 15.0 Å². The van der Waals surface area contributed by atoms with E-state index in [1.54, 1.807) is 24.5 Å². The fraction of sp³-hybridized carbons (Fsp3) is 0.286. The van der Waals surface area contributed by atoms with E-state index < -0.39 is 12.0 Å². The van der Waals surface area contributed by atoms with Crippen LogP contribution in [0.1, 0.15) is 6.04 Å². The Kier molecular flexibility index (Phi) is 2.28. The molecule has 4 nitrogen and oxygen atoms in total. The Hall–Kier alpha value is -1.29. The number of carboxylic acid groups (broad SMARTS) is 1. The molecule has 2 N–H and O–H groups in total. The molecule has 0 fully saturated rings. The summed E-state index contributed by atoms with van der Waals surface area (Å²) in [6.07, 6.45) is 3.21. The van der Waals surface area contributed by atoms with E-state index in [2.05, 4.69) is 0 Å². The predicted molar refractivity (Wildman–Crippen MR) is 38.2 cm³/mol. The molecule has 0 saturated carbocycles. The molecule has 0 saturated heterocycles. The molecule has 0 unspecified atom stereocenters. The van der Waals surface area contributed by atoms with Gasteiger partial charge in [-0.25, -0.2) is 4.79 Å². The lowest BCUT2D eigenvalue weighted by molar-refractivity contribution is -0.142. The second kappa shape index (κ2) is 3.21. The van der Waals surface area contributed by atoms with E-state index in [9.17, 15) is 4.79 Å². The minimum absolute atomic E-state index is 0.385. The maximum atomic E-state index is 10.4. The number of rotatable bonds is 3. The Morgan fingerprint density at radius 2 is 2.00 bits per heavy atom. The Morgan fingerprint density at radius 3 is 2.36 bits per heavy atom. The number of aliphatic hydroxyl groups is 1. The van der Waals surface area contributed by atoms with Gasteiger partial charge in [0.1, 0.15) is 0 Å². The molecule has 1 aromatic rings. The molecule has 1 rings (SSSR count). The summed E-state index contributed by atoms with van der Waals surface area (Å²) in [5, 5.41) is 17.2. The molecule has 1 heterocycles. The molecule has 0 spiro atoms. The van der Waals surface area contributed by atoms with Gasteiger partial charge in [0.2, 0.25) is 0 Å². The van der Waals surface area contributed by atoms with Gasteiger partial charge in [0.25, 0.3) is 0 Å². The fourth-order valence-electron chi connectivity index (χ4n) is 0.856. The Balaban J connectivity index is 2.79. The number of aromatic nitrogens is 1. The highest BCUT2D eigenvalue weighted by Gasteiger charge is 2.16. The maximum Gasteiger partial charge on any atom is 0.329 e. The van der Waals surface area contributed by atoms with Gasteiger partial charge in [-0.2, -0.15) is 0 Å². The Morgan fingerprint density at radius 1 is 1.45 bits per heavy atom. The van der Waals surface area contributed by atoms with Gasteiger partial charge >= 0.3 is 5.97 Å². The van der Waals surface area contributed by atoms with Crippen molar-refractivity contribution in [2.45, 2.75) is 6.04 Å². The molecular weight excluding hydrogens is 146 g/mol. The van der Waals surface area contributed by atoms with Crippen LogP contribution >= 0.6 is 0 Å². The zero-order chi connectivity index (χ0) is 8.27. The molecule has 0 aliphatic heterocycles. The van der Waals surface area contributed by atoms with Crippen molar-refractivity contribution in [3.05, 3.63) is 24.5 Å². The van der Waals surface area contributed by atoms with Crippen LogP contribution in [0.15, 0.2) is 24.5 Å². The van der Waals surface area contributed by atoms with Gasteiger partial charge in [-0.3, -0.25) is 0 Å². The van der Waals surface area contributed by atoms with E-state index in [-0.39, 0.29) is 6.61 Å². The number of aliphatic hydroxyl groups excluding tert-OH is 1. The summed E-state index contributed by atoms with van der Waals surface area (Å²) in [5.74, 6) is -1.02. The number of aliphatic carboxylic acids is 1. The van der Waals surface area contributed by atoms with Crippen molar-refractivity contribution in [1.29, 1.82) is 0 Å². The highest BCUT2D eigenvalue weighted by Crippen LogP contribution is 2.05. The fourth-order valence-corrected chi connectivity index (χ4v) is 0.856. The Labute approximate surface area is 63.7 Å². The minimum atomic E-state index is -1.02. The van der Waals surface area contributed by atoms with Crippen LogP contribution in [0.4, 0.5) is 0 Å². The van der Waals surface area contributed by atoms with E-state index in [0.29, 0.717) is 0 Å². The Bertz CT molecular complexity index is 230. The molecule has 60 valence electrons. The molecular formula is C7H9NO3. The largest absolute Gasteiger partial charge is 0.480 e. The average Bonchev–Trinajstić information content (AvgIpc) is 2.40. The maximum absolute atomic E-state index is 10.4. The van der Waals surface area contributed by atoms with E-state index >= 15 is 0 Å². The summed E-state index contributed by atoms with van der Waals surface area (Å²) in [7, 11) is 0. The van der Waals surface area contributed by atoms with Gasteiger partial charge in [0, 0.05) is 12.4 Å². The van der Waals surface area contributed by atoms with E-state index in [4.69, 9.17) is 10.2 Å². The van der Waals surface area contributed by atoms with Crippen LogP contribution in [0.2, 0.25) is 0 Å². The predicted octanol–water partition coefficient (Wildman–Crippen LogP) is 0.106. The minimum Gasteiger partial charge on any atom is -0.480 e. The van der Waals surface area contributed by atoms with Crippen LogP contribution in [-0.2, 0) is 4.79 Å². The first kappa shape index (κ1) is 7.81. The van der Waals surface area contributed by atoms with E-state index in [1.165, 1.54) is 4.57 Å². The first-order valence-electron chi connectivity index (χ1n) is 3.22. The quantitative estimate of drug-likeness (QED) is 0.651. The monoisotopic (exact) mass is 155 g/mol. The third-order valence-electron chi connectivity index (χ3n) is 1.45. The van der Waals surface area contributed by atoms with Crippen LogP contribution in [0.3, 0.4) is 0 Å². The van der Waals surface area contributed by atoms with Crippen LogP contribution in [0.5, 0.6) is 0 Å². The molecule has 1 atom stereocenters. The lowest BCUT2D eigenvalue weighted by Crippen LogP contribution is -2.21. The SMILES string of the molecule is O=C(O)[C@H](CO)n1cccc1. The summed E-state index contributed by atoms with van der Waals surface area (Å²) in [6.45, 7) is -0.385. The molecule has 0 aliphatic rings. The number of carboxylic acids is 1. The van der Waals surface area contributed by atoms with Gasteiger partial charge < -0.3 is 14.8 Å². The zero-order valence-corrected chi connectivity index (χ0v) is 5.84. The molecule has 0 bridgehead atoms. The van der Waals surface area contributed by atoms with Crippen molar-refractivity contribution in [3.8, 4) is 0 Å². The number of hydrogen-bond donors (Lipinski definition) is 2. The third kappa shape index (κ3) is 1.59. The summed E-state index contributed by atoms with van der Waals surface area (Å²) in [4.78, 5) is 10.4. The van der Waals surface area contributed by atoms with Crippen molar-refractivity contribution in [2.24, 2.45) is 0 Å². The normalized spacial score (nSPS) is 12.8. The van der Waals surface area contributed by atoms with Gasteiger partial charge in [-0.15, -0.1) is 0 Å². The molecule has 1 aromatic heterocycles. The standard InChI is InChI=1S/C7H9NO3/c9-5-6(7(10)11)8-3-1-2-4-8/h1-4,6,9H,5H2,(H,10,11)/t6-/m0/s1. The van der Waals surface area contributed by atoms with Crippen molar-refractivity contribution in [2.75, 3.05) is 6.61 Å². The lowest BCUT2D eigenvalue weighted by Gasteiger charge is -2.09. The zero-order valence-electron chi connectivity index (χ0n) is 5.84. The summed E-state index contributed by atoms with van der Waals surface area (Å²) >= 11 is 0. The third-order valence-corrected chi connectivity index (χ3v) is 1.45. The van der Waals surface area contributed by atoms with Gasteiger partial charge in [-0.1, -0.05) is 0 Å². The first-order valence-corrected chi connectivity index (χ1v) is 3.22. The summed E-state index contributed by atoms with van der Waals surface area (Å²) in [6, 6.07) is 2.57. The number of nitrogens with zero attached hydrogens (tertiary/aromatic N) is 1. The molecule has 0 aliphatic carbocycles. The smallest absolute Gasteiger partial charge is 0.329 e. The average molecular weight is 155 g/mol. The van der Waals surface area contributed by atoms with Crippen LogP contribution in [-0.4, -0.2) is 27.4 Å².